The van der Waals surface area contributed by atoms with Gasteiger partial charge in [0.1, 0.15) is 11.5 Å². The molecule has 1 fully saturated rings. The number of rotatable bonds is 11. The molecular weight excluding hydrogens is 512 g/mol. The minimum atomic E-state index is -0.00641. The van der Waals surface area contributed by atoms with Crippen molar-refractivity contribution in [3.63, 3.8) is 0 Å². The van der Waals surface area contributed by atoms with Crippen LogP contribution in [-0.2, 0) is 17.9 Å². The van der Waals surface area contributed by atoms with Gasteiger partial charge in [0.25, 0.3) is 0 Å². The van der Waals surface area contributed by atoms with E-state index in [1.807, 2.05) is 67.7 Å². The van der Waals surface area contributed by atoms with Crippen molar-refractivity contribution in [1.29, 1.82) is 0 Å². The highest BCUT2D eigenvalue weighted by atomic mass is 32.1. The Balaban J connectivity index is 1.13. The second-order valence-electron chi connectivity index (χ2n) is 9.34. The highest BCUT2D eigenvalue weighted by Gasteiger charge is 2.27. The van der Waals surface area contributed by atoms with Crippen LogP contribution in [0.25, 0.3) is 5.13 Å². The number of nitrogens with zero attached hydrogens (tertiary/aromatic N) is 4. The maximum absolute atomic E-state index is 12.8. The molecule has 0 saturated carbocycles. The fourth-order valence-electron chi connectivity index (χ4n) is 4.72. The second-order valence-corrected chi connectivity index (χ2v) is 10.3. The van der Waals surface area contributed by atoms with Crippen LogP contribution < -0.4 is 25.0 Å². The van der Waals surface area contributed by atoms with Crippen molar-refractivity contribution in [2.45, 2.75) is 32.9 Å². The Morgan fingerprint density at radius 2 is 1.77 bits per heavy atom. The van der Waals surface area contributed by atoms with Gasteiger partial charge in [0.15, 0.2) is 0 Å². The molecule has 0 radical (unpaired) electrons. The van der Waals surface area contributed by atoms with E-state index in [0.717, 1.165) is 64.6 Å². The normalized spacial score (nSPS) is 13.7. The molecule has 10 heteroatoms. The Kier molecular flexibility index (Phi) is 8.62. The molecular formula is C29H34N6O3S. The van der Waals surface area contributed by atoms with Crippen LogP contribution in [0.3, 0.4) is 0 Å². The number of benzene rings is 2. The number of amides is 1. The summed E-state index contributed by atoms with van der Waals surface area (Å²) in [5.74, 6) is 1.74. The molecule has 1 saturated heterocycles. The molecule has 1 aliphatic heterocycles. The van der Waals surface area contributed by atoms with E-state index in [1.54, 1.807) is 18.4 Å². The van der Waals surface area contributed by atoms with Gasteiger partial charge in [-0.25, -0.2) is 0 Å². The lowest BCUT2D eigenvalue weighted by molar-refractivity contribution is -0.125. The van der Waals surface area contributed by atoms with Gasteiger partial charge in [0, 0.05) is 48.7 Å². The van der Waals surface area contributed by atoms with Gasteiger partial charge in [-0.15, -0.1) is 10.2 Å². The largest absolute Gasteiger partial charge is 0.496 e. The second kappa shape index (κ2) is 12.7. The first kappa shape index (κ1) is 26.6. The average Bonchev–Trinajstić information content (AvgIpc) is 3.66. The summed E-state index contributed by atoms with van der Waals surface area (Å²) < 4.78 is 13.0. The quantitative estimate of drug-likeness (QED) is 0.277. The maximum atomic E-state index is 12.8. The number of hydrogen-bond acceptors (Lipinski definition) is 8. The van der Waals surface area contributed by atoms with Crippen LogP contribution in [0.4, 0.5) is 10.8 Å². The van der Waals surface area contributed by atoms with Crippen LogP contribution in [0, 0.1) is 5.92 Å². The number of anilines is 2. The Labute approximate surface area is 232 Å². The Morgan fingerprint density at radius 3 is 2.54 bits per heavy atom. The predicted octanol–water partition coefficient (Wildman–Crippen LogP) is 4.88. The molecule has 4 aromatic rings. The van der Waals surface area contributed by atoms with Crippen LogP contribution in [-0.4, -0.2) is 47.5 Å². The van der Waals surface area contributed by atoms with Crippen LogP contribution in [0.15, 0.2) is 66.9 Å². The molecule has 9 nitrogen and oxygen atoms in total. The molecule has 3 heterocycles. The molecule has 0 unspecified atom stereocenters. The van der Waals surface area contributed by atoms with Crippen molar-refractivity contribution in [1.82, 2.24) is 20.1 Å². The number of piperidine rings is 1. The summed E-state index contributed by atoms with van der Waals surface area (Å²) in [5.41, 5.74) is 3.10. The van der Waals surface area contributed by atoms with Crippen molar-refractivity contribution in [2.24, 2.45) is 5.92 Å². The summed E-state index contributed by atoms with van der Waals surface area (Å²) in [5, 5.41) is 17.2. The molecule has 2 N–H and O–H groups in total. The Bertz CT molecular complexity index is 1360. The Hall–Kier alpha value is -4.05. The van der Waals surface area contributed by atoms with E-state index < -0.39 is 0 Å². The monoisotopic (exact) mass is 546 g/mol. The van der Waals surface area contributed by atoms with E-state index >= 15 is 0 Å². The molecule has 0 atom stereocenters. The van der Waals surface area contributed by atoms with Crippen LogP contribution >= 0.6 is 11.3 Å². The zero-order valence-corrected chi connectivity index (χ0v) is 23.1. The first-order valence-corrected chi connectivity index (χ1v) is 14.1. The van der Waals surface area contributed by atoms with Gasteiger partial charge in [0.2, 0.25) is 16.2 Å². The molecule has 1 aliphatic rings. The van der Waals surface area contributed by atoms with E-state index in [-0.39, 0.29) is 11.8 Å². The number of carbonyl (C=O) groups is 1. The summed E-state index contributed by atoms with van der Waals surface area (Å²) in [6.45, 7) is 5.31. The first-order valence-electron chi connectivity index (χ1n) is 13.3. The van der Waals surface area contributed by atoms with Crippen molar-refractivity contribution in [3.8, 4) is 16.6 Å². The van der Waals surface area contributed by atoms with Crippen molar-refractivity contribution in [2.75, 3.05) is 37.0 Å². The average molecular weight is 547 g/mol. The molecule has 0 spiro atoms. The van der Waals surface area contributed by atoms with Crippen molar-refractivity contribution >= 4 is 28.1 Å². The van der Waals surface area contributed by atoms with Crippen molar-refractivity contribution in [3.05, 3.63) is 78.1 Å². The lowest BCUT2D eigenvalue weighted by atomic mass is 9.96. The first-order chi connectivity index (χ1) is 19.1. The number of hydrogen-bond donors (Lipinski definition) is 2. The lowest BCUT2D eigenvalue weighted by Gasteiger charge is -2.30. The number of carbonyl (C=O) groups excluding carboxylic acids is 1. The third kappa shape index (κ3) is 6.51. The van der Waals surface area contributed by atoms with E-state index in [0.29, 0.717) is 19.7 Å². The van der Waals surface area contributed by atoms with Crippen LogP contribution in [0.1, 0.15) is 31.0 Å². The molecule has 0 aliphatic carbocycles. The van der Waals surface area contributed by atoms with Gasteiger partial charge in [-0.3, -0.25) is 9.36 Å². The number of para-hydroxylation sites is 1. The molecule has 2 aromatic carbocycles. The molecule has 1 amide bonds. The minimum Gasteiger partial charge on any atom is -0.496 e. The third-order valence-corrected chi connectivity index (χ3v) is 7.85. The third-order valence-electron chi connectivity index (χ3n) is 6.86. The van der Waals surface area contributed by atoms with E-state index in [1.165, 1.54) is 0 Å². The van der Waals surface area contributed by atoms with Gasteiger partial charge in [-0.1, -0.05) is 29.5 Å². The SMILES string of the molecule is CCOc1ccc(NCc2cccn2-c2nnc(N3CCC(C(=O)NCc4ccccc4OC)CC3)s2)cc1. The molecule has 2 aromatic heterocycles. The number of methoxy groups -OCH3 is 1. The van der Waals surface area contributed by atoms with Crippen LogP contribution in [0.5, 0.6) is 11.5 Å². The fourth-order valence-corrected chi connectivity index (χ4v) is 5.63. The lowest BCUT2D eigenvalue weighted by Crippen LogP contribution is -2.40. The zero-order valence-electron chi connectivity index (χ0n) is 22.3. The summed E-state index contributed by atoms with van der Waals surface area (Å²) in [7, 11) is 1.65. The van der Waals surface area contributed by atoms with E-state index in [2.05, 4.69) is 36.4 Å². The number of nitrogens with one attached hydrogen (secondary N) is 2. The minimum absolute atomic E-state index is 0.00641. The summed E-state index contributed by atoms with van der Waals surface area (Å²) >= 11 is 1.57. The van der Waals surface area contributed by atoms with Crippen LogP contribution in [0.2, 0.25) is 0 Å². The van der Waals surface area contributed by atoms with Gasteiger partial charge < -0.3 is 25.0 Å². The van der Waals surface area contributed by atoms with Gasteiger partial charge in [0.05, 0.1) is 20.3 Å². The highest BCUT2D eigenvalue weighted by molar-refractivity contribution is 7.17. The standard InChI is InChI=1S/C29H34N6O3S/c1-3-38-25-12-10-23(11-13-25)30-20-24-8-6-16-35(24)29-33-32-28(39-29)34-17-14-21(15-18-34)27(36)31-19-22-7-4-5-9-26(22)37-2/h4-13,16,21,30H,3,14-15,17-20H2,1-2H3,(H,31,36). The number of ether oxygens (including phenoxy) is 2. The fraction of sp³-hybridized carbons (Fsp3) is 0.345. The molecule has 204 valence electrons. The molecule has 0 bridgehead atoms. The van der Waals surface area contributed by atoms with Gasteiger partial charge in [-0.2, -0.15) is 0 Å². The predicted molar refractivity (Wildman–Crippen MR) is 154 cm³/mol. The van der Waals surface area contributed by atoms with Gasteiger partial charge >= 0.3 is 0 Å². The smallest absolute Gasteiger partial charge is 0.223 e. The highest BCUT2D eigenvalue weighted by Crippen LogP contribution is 2.29. The molecule has 5 rings (SSSR count). The van der Waals surface area contributed by atoms with E-state index in [4.69, 9.17) is 9.47 Å². The molecule has 39 heavy (non-hydrogen) atoms. The zero-order chi connectivity index (χ0) is 27.0. The summed E-state index contributed by atoms with van der Waals surface area (Å²) in [6.07, 6.45) is 3.58. The van der Waals surface area contributed by atoms with Gasteiger partial charge in [-0.05, 0) is 62.2 Å². The summed E-state index contributed by atoms with van der Waals surface area (Å²) in [6, 6.07) is 19.8. The topological polar surface area (TPSA) is 93.5 Å². The number of aromatic nitrogens is 3. The maximum Gasteiger partial charge on any atom is 0.223 e. The summed E-state index contributed by atoms with van der Waals surface area (Å²) in [4.78, 5) is 15.0. The Morgan fingerprint density at radius 1 is 1.00 bits per heavy atom. The van der Waals surface area contributed by atoms with E-state index in [9.17, 15) is 4.79 Å². The van der Waals surface area contributed by atoms with Crippen molar-refractivity contribution < 1.29 is 14.3 Å².